The van der Waals surface area contributed by atoms with Gasteiger partial charge in [0.2, 0.25) is 11.7 Å². The number of halogens is 2. The summed E-state index contributed by atoms with van der Waals surface area (Å²) in [5.41, 5.74) is -2.96. The number of rotatable bonds is 6. The maximum atomic E-state index is 14.4. The van der Waals surface area contributed by atoms with Crippen molar-refractivity contribution in [2.75, 3.05) is 6.61 Å². The maximum Gasteiger partial charge on any atom is 0.345 e. The van der Waals surface area contributed by atoms with Crippen molar-refractivity contribution in [2.45, 2.75) is 19.1 Å². The van der Waals surface area contributed by atoms with Gasteiger partial charge >= 0.3 is 17.6 Å². The molecule has 1 aliphatic heterocycles. The van der Waals surface area contributed by atoms with Gasteiger partial charge in [0.25, 0.3) is 11.5 Å². The number of carbonyl (C=O) groups excluding carboxylic acids is 3. The predicted molar refractivity (Wildman–Crippen MR) is 139 cm³/mol. The summed E-state index contributed by atoms with van der Waals surface area (Å²) < 4.78 is 31.2. The van der Waals surface area contributed by atoms with Crippen LogP contribution in [0.3, 0.4) is 0 Å². The minimum Gasteiger partial charge on any atom is -0.421 e. The summed E-state index contributed by atoms with van der Waals surface area (Å²) in [6.45, 7) is 0.332. The van der Waals surface area contributed by atoms with Gasteiger partial charge in [0.15, 0.2) is 5.75 Å². The van der Waals surface area contributed by atoms with Crippen LogP contribution in [0.2, 0.25) is 5.02 Å². The van der Waals surface area contributed by atoms with Crippen molar-refractivity contribution < 1.29 is 33.0 Å². The summed E-state index contributed by atoms with van der Waals surface area (Å²) in [4.78, 5) is 71.4. The fourth-order valence-electron chi connectivity index (χ4n) is 3.93. The lowest BCUT2D eigenvalue weighted by molar-refractivity contribution is 0.0501. The molecule has 0 radical (unpaired) electrons. The highest BCUT2D eigenvalue weighted by atomic mass is 35.5. The number of nitrogens with zero attached hydrogens (tertiary/aromatic N) is 4. The first-order valence-electron chi connectivity index (χ1n) is 12.0. The molecule has 0 N–H and O–H groups in total. The molecule has 1 aliphatic rings. The molecule has 0 amide bonds. The first kappa shape index (κ1) is 27.6. The lowest BCUT2D eigenvalue weighted by Gasteiger charge is -2.15. The summed E-state index contributed by atoms with van der Waals surface area (Å²) in [5, 5.41) is -0.0981. The molecule has 12 nitrogen and oxygen atoms in total. The van der Waals surface area contributed by atoms with Crippen LogP contribution >= 0.6 is 11.6 Å². The summed E-state index contributed by atoms with van der Waals surface area (Å²) in [7, 11) is 0. The highest BCUT2D eigenvalue weighted by molar-refractivity contribution is 6.32. The minimum atomic E-state index is -1.47. The molecule has 0 saturated carbocycles. The molecule has 5 rings (SSSR count). The molecule has 4 aromatic rings. The Labute approximate surface area is 234 Å². The third-order valence-corrected chi connectivity index (χ3v) is 6.20. The molecular weight excluding hydrogens is 563 g/mol. The molecule has 1 saturated heterocycles. The Morgan fingerprint density at radius 1 is 0.976 bits per heavy atom. The summed E-state index contributed by atoms with van der Waals surface area (Å²) in [6.07, 6.45) is 4.01. The molecular formula is C27H18ClFN4O8. The SMILES string of the molecule is O=C(Oc1cc(OC(=O)c2cncc(C(=O)n3c(=O)c(F)cn(C4CCCO4)c3=O)c2)c(Cl)cn1)c1ccccc1. The molecule has 1 fully saturated rings. The Bertz CT molecular complexity index is 1780. The summed E-state index contributed by atoms with van der Waals surface area (Å²) in [6, 6.07) is 10.2. The first-order valence-corrected chi connectivity index (χ1v) is 12.4. The van der Waals surface area contributed by atoms with Gasteiger partial charge < -0.3 is 14.2 Å². The summed E-state index contributed by atoms with van der Waals surface area (Å²) in [5.74, 6) is -4.73. The molecule has 41 heavy (non-hydrogen) atoms. The van der Waals surface area contributed by atoms with Crippen LogP contribution in [0.4, 0.5) is 4.39 Å². The molecule has 0 spiro atoms. The van der Waals surface area contributed by atoms with Gasteiger partial charge in [-0.1, -0.05) is 29.8 Å². The van der Waals surface area contributed by atoms with Gasteiger partial charge in [0.05, 0.1) is 29.1 Å². The topological polar surface area (TPSA) is 149 Å². The average Bonchev–Trinajstić information content (AvgIpc) is 3.52. The Morgan fingerprint density at radius 3 is 2.44 bits per heavy atom. The van der Waals surface area contributed by atoms with E-state index in [4.69, 9.17) is 25.8 Å². The number of pyridine rings is 2. The smallest absolute Gasteiger partial charge is 0.345 e. The van der Waals surface area contributed by atoms with Crippen molar-refractivity contribution >= 4 is 29.4 Å². The van der Waals surface area contributed by atoms with E-state index in [1.807, 2.05) is 0 Å². The molecule has 1 aromatic carbocycles. The van der Waals surface area contributed by atoms with Gasteiger partial charge in [-0.3, -0.25) is 19.1 Å². The molecule has 1 atom stereocenters. The first-order chi connectivity index (χ1) is 19.7. The number of ether oxygens (including phenoxy) is 3. The molecule has 1 unspecified atom stereocenters. The average molecular weight is 581 g/mol. The number of carbonyl (C=O) groups is 3. The minimum absolute atomic E-state index is 0.0981. The highest BCUT2D eigenvalue weighted by Crippen LogP contribution is 2.28. The highest BCUT2D eigenvalue weighted by Gasteiger charge is 2.26. The van der Waals surface area contributed by atoms with Gasteiger partial charge in [-0.2, -0.15) is 8.96 Å². The maximum absolute atomic E-state index is 14.4. The number of hydrogen-bond donors (Lipinski definition) is 0. The zero-order valence-electron chi connectivity index (χ0n) is 20.9. The second-order valence-corrected chi connectivity index (χ2v) is 9.05. The molecule has 3 aromatic heterocycles. The standard InChI is InChI=1S/C27H18ClFN4O8/c28-18-13-31-21(41-25(36)15-5-2-1-3-6-15)10-20(18)40-26(37)17-9-16(11-30-12-17)23(34)33-24(35)19(29)14-32(27(33)38)22-7-4-8-39-22/h1-3,5-6,9-14,22H,4,7-8H2. The van der Waals surface area contributed by atoms with Gasteiger partial charge in [-0.25, -0.2) is 19.4 Å². The van der Waals surface area contributed by atoms with Crippen LogP contribution in [0, 0.1) is 5.82 Å². The van der Waals surface area contributed by atoms with E-state index in [1.54, 1.807) is 18.2 Å². The number of hydrogen-bond acceptors (Lipinski definition) is 10. The van der Waals surface area contributed by atoms with Crippen LogP contribution in [0.15, 0.2) is 76.8 Å². The number of esters is 2. The van der Waals surface area contributed by atoms with Crippen LogP contribution in [0.5, 0.6) is 11.6 Å². The Hall–Kier alpha value is -5.01. The van der Waals surface area contributed by atoms with Crippen molar-refractivity contribution in [1.82, 2.24) is 19.1 Å². The second-order valence-electron chi connectivity index (χ2n) is 8.64. The van der Waals surface area contributed by atoms with E-state index < -0.39 is 41.1 Å². The van der Waals surface area contributed by atoms with E-state index in [9.17, 15) is 28.4 Å². The van der Waals surface area contributed by atoms with Gasteiger partial charge in [0, 0.05) is 25.1 Å². The van der Waals surface area contributed by atoms with Gasteiger partial charge in [-0.05, 0) is 31.0 Å². The van der Waals surface area contributed by atoms with Crippen molar-refractivity contribution in [3.8, 4) is 11.6 Å². The Kier molecular flexibility index (Phi) is 7.81. The van der Waals surface area contributed by atoms with E-state index in [0.717, 1.165) is 35.3 Å². The van der Waals surface area contributed by atoms with Crippen LogP contribution in [-0.4, -0.2) is 43.6 Å². The van der Waals surface area contributed by atoms with E-state index in [2.05, 4.69) is 9.97 Å². The lowest BCUT2D eigenvalue weighted by atomic mass is 10.2. The monoisotopic (exact) mass is 580 g/mol. The van der Waals surface area contributed by atoms with Crippen molar-refractivity contribution in [1.29, 1.82) is 0 Å². The lowest BCUT2D eigenvalue weighted by Crippen LogP contribution is -2.46. The van der Waals surface area contributed by atoms with Gasteiger partial charge in [0.1, 0.15) is 11.3 Å². The number of benzene rings is 1. The van der Waals surface area contributed by atoms with Gasteiger partial charge in [-0.15, -0.1) is 0 Å². The van der Waals surface area contributed by atoms with E-state index in [0.29, 0.717) is 25.6 Å². The fourth-order valence-corrected chi connectivity index (χ4v) is 4.07. The largest absolute Gasteiger partial charge is 0.421 e. The summed E-state index contributed by atoms with van der Waals surface area (Å²) >= 11 is 6.09. The molecule has 208 valence electrons. The van der Waals surface area contributed by atoms with E-state index in [1.165, 1.54) is 12.1 Å². The van der Waals surface area contributed by atoms with Crippen LogP contribution in [-0.2, 0) is 4.74 Å². The zero-order valence-corrected chi connectivity index (χ0v) is 21.6. The molecule has 0 bridgehead atoms. The second kappa shape index (κ2) is 11.6. The number of aromatic nitrogens is 4. The molecule has 14 heteroatoms. The third-order valence-electron chi connectivity index (χ3n) is 5.92. The third kappa shape index (κ3) is 5.81. The Morgan fingerprint density at radius 2 is 1.71 bits per heavy atom. The van der Waals surface area contributed by atoms with Crippen LogP contribution in [0.25, 0.3) is 0 Å². The van der Waals surface area contributed by atoms with E-state index in [-0.39, 0.29) is 37.9 Å². The van der Waals surface area contributed by atoms with Crippen molar-refractivity contribution in [3.05, 3.63) is 116 Å². The molecule has 4 heterocycles. The Balaban J connectivity index is 1.38. The fraction of sp³-hybridized carbons (Fsp3) is 0.148. The van der Waals surface area contributed by atoms with Crippen molar-refractivity contribution in [3.63, 3.8) is 0 Å². The quantitative estimate of drug-likeness (QED) is 0.311. The normalized spacial score (nSPS) is 14.4. The van der Waals surface area contributed by atoms with Crippen LogP contribution < -0.4 is 20.7 Å². The van der Waals surface area contributed by atoms with E-state index >= 15 is 0 Å². The van der Waals surface area contributed by atoms with Crippen LogP contribution in [0.1, 0.15) is 50.1 Å². The predicted octanol–water partition coefficient (Wildman–Crippen LogP) is 3.03. The van der Waals surface area contributed by atoms with Crippen molar-refractivity contribution in [2.24, 2.45) is 0 Å². The molecule has 0 aliphatic carbocycles. The zero-order chi connectivity index (χ0) is 29.1.